The first-order valence-corrected chi connectivity index (χ1v) is 11.3. The van der Waals surface area contributed by atoms with Gasteiger partial charge in [-0.05, 0) is 43.7 Å². The zero-order valence-electron chi connectivity index (χ0n) is 18.5. The fraction of sp³-hybridized carbons (Fsp3) is 0.480. The van der Waals surface area contributed by atoms with Gasteiger partial charge in [-0.15, -0.1) is 0 Å². The highest BCUT2D eigenvalue weighted by atomic mass is 16.6. The number of ether oxygens (including phenoxy) is 2. The molecule has 2 aliphatic rings. The molecule has 31 heavy (non-hydrogen) atoms. The average molecular weight is 424 g/mol. The van der Waals surface area contributed by atoms with Crippen molar-refractivity contribution in [2.45, 2.75) is 50.8 Å². The van der Waals surface area contributed by atoms with Crippen molar-refractivity contribution in [2.75, 3.05) is 32.6 Å². The summed E-state index contributed by atoms with van der Waals surface area (Å²) < 4.78 is 11.8. The molecule has 6 heteroatoms. The third-order valence-electron chi connectivity index (χ3n) is 6.27. The van der Waals surface area contributed by atoms with Crippen molar-refractivity contribution < 1.29 is 14.3 Å². The van der Waals surface area contributed by atoms with Crippen LogP contribution in [0.25, 0.3) is 0 Å². The standard InChI is InChI=1S/C25H33N3O3/c1-27(20-11-4-3-5-12-20)16-19-10-6-7-13-22(19)26-25(29)28(2)17-21-18-30-23-14-8-9-15-24(23)31-21/h6-10,13-15,20-21H,3-5,11-12,16-18H2,1-2H3,(H,26,29). The minimum Gasteiger partial charge on any atom is -0.486 e. The molecule has 1 aliphatic heterocycles. The number of anilines is 1. The third kappa shape index (κ3) is 5.50. The van der Waals surface area contributed by atoms with E-state index in [1.807, 2.05) is 42.5 Å². The Labute approximate surface area is 185 Å². The van der Waals surface area contributed by atoms with E-state index in [9.17, 15) is 4.79 Å². The summed E-state index contributed by atoms with van der Waals surface area (Å²) in [6.07, 6.45) is 6.31. The molecule has 1 aliphatic carbocycles. The molecule has 1 heterocycles. The number of nitrogens with zero attached hydrogens (tertiary/aromatic N) is 2. The van der Waals surface area contributed by atoms with Gasteiger partial charge in [0.15, 0.2) is 17.6 Å². The second-order valence-electron chi connectivity index (χ2n) is 8.67. The number of likely N-dealkylation sites (N-methyl/N-ethyl adjacent to an activating group) is 1. The molecule has 2 aromatic rings. The number of urea groups is 1. The largest absolute Gasteiger partial charge is 0.486 e. The highest BCUT2D eigenvalue weighted by Crippen LogP contribution is 2.31. The van der Waals surface area contributed by atoms with Crippen LogP contribution < -0.4 is 14.8 Å². The van der Waals surface area contributed by atoms with Crippen LogP contribution in [0.2, 0.25) is 0 Å². The molecular formula is C25H33N3O3. The molecule has 4 rings (SSSR count). The molecule has 6 nitrogen and oxygen atoms in total. The number of amides is 2. The molecule has 1 N–H and O–H groups in total. The van der Waals surface area contributed by atoms with E-state index in [1.165, 1.54) is 32.1 Å². The van der Waals surface area contributed by atoms with Gasteiger partial charge in [0.25, 0.3) is 0 Å². The Morgan fingerprint density at radius 1 is 1.00 bits per heavy atom. The number of fused-ring (bicyclic) bond motifs is 1. The van der Waals surface area contributed by atoms with Gasteiger partial charge in [0.05, 0.1) is 6.54 Å². The second-order valence-corrected chi connectivity index (χ2v) is 8.67. The number of benzene rings is 2. The SMILES string of the molecule is CN(CC1COc2ccccc2O1)C(=O)Nc1ccccc1CN(C)C1CCCCC1. The number of nitrogens with one attached hydrogen (secondary N) is 1. The zero-order valence-corrected chi connectivity index (χ0v) is 18.5. The van der Waals surface area contributed by atoms with Gasteiger partial charge in [-0.3, -0.25) is 4.90 Å². The lowest BCUT2D eigenvalue weighted by molar-refractivity contribution is 0.0731. The van der Waals surface area contributed by atoms with E-state index in [0.717, 1.165) is 29.3 Å². The van der Waals surface area contributed by atoms with Gasteiger partial charge in [0.2, 0.25) is 0 Å². The van der Waals surface area contributed by atoms with Crippen molar-refractivity contribution in [3.05, 3.63) is 54.1 Å². The van der Waals surface area contributed by atoms with E-state index in [0.29, 0.717) is 19.2 Å². The number of carbonyl (C=O) groups is 1. The minimum atomic E-state index is -0.196. The van der Waals surface area contributed by atoms with E-state index < -0.39 is 0 Å². The summed E-state index contributed by atoms with van der Waals surface area (Å²) in [6, 6.07) is 16.2. The lowest BCUT2D eigenvalue weighted by Gasteiger charge is -2.32. The summed E-state index contributed by atoms with van der Waals surface area (Å²) in [7, 11) is 3.98. The van der Waals surface area contributed by atoms with Crippen molar-refractivity contribution in [2.24, 2.45) is 0 Å². The van der Waals surface area contributed by atoms with Crippen LogP contribution in [0, 0.1) is 0 Å². The lowest BCUT2D eigenvalue weighted by atomic mass is 9.94. The van der Waals surface area contributed by atoms with Gasteiger partial charge in [0, 0.05) is 25.3 Å². The second kappa shape index (κ2) is 10.1. The van der Waals surface area contributed by atoms with Gasteiger partial charge in [0.1, 0.15) is 6.61 Å². The molecule has 0 saturated heterocycles. The summed E-state index contributed by atoms with van der Waals surface area (Å²) in [5.41, 5.74) is 2.01. The van der Waals surface area contributed by atoms with Crippen molar-refractivity contribution in [1.29, 1.82) is 0 Å². The highest BCUT2D eigenvalue weighted by molar-refractivity contribution is 5.90. The van der Waals surface area contributed by atoms with Crippen molar-refractivity contribution >= 4 is 11.7 Å². The van der Waals surface area contributed by atoms with E-state index in [4.69, 9.17) is 9.47 Å². The van der Waals surface area contributed by atoms with E-state index in [1.54, 1.807) is 11.9 Å². The van der Waals surface area contributed by atoms with Crippen molar-refractivity contribution in [3.8, 4) is 11.5 Å². The van der Waals surface area contributed by atoms with Crippen LogP contribution in [0.5, 0.6) is 11.5 Å². The Kier molecular flexibility index (Phi) is 6.97. The number of carbonyl (C=O) groups excluding carboxylic acids is 1. The topological polar surface area (TPSA) is 54.0 Å². The summed E-state index contributed by atoms with van der Waals surface area (Å²) in [5, 5.41) is 3.09. The molecule has 166 valence electrons. The molecule has 1 saturated carbocycles. The summed E-state index contributed by atoms with van der Waals surface area (Å²) in [5.74, 6) is 1.48. The molecule has 1 fully saturated rings. The number of rotatable bonds is 6. The molecule has 2 aromatic carbocycles. The van der Waals surface area contributed by atoms with Crippen LogP contribution >= 0.6 is 0 Å². The Morgan fingerprint density at radius 2 is 1.71 bits per heavy atom. The summed E-state index contributed by atoms with van der Waals surface area (Å²) in [4.78, 5) is 17.0. The van der Waals surface area contributed by atoms with Crippen LogP contribution in [-0.4, -0.2) is 55.2 Å². The fourth-order valence-electron chi connectivity index (χ4n) is 4.45. The Balaban J connectivity index is 1.34. The number of hydrogen-bond donors (Lipinski definition) is 1. The average Bonchev–Trinajstić information content (AvgIpc) is 2.80. The minimum absolute atomic E-state index is 0.143. The lowest BCUT2D eigenvalue weighted by Crippen LogP contribution is -2.43. The predicted molar refractivity (Wildman–Crippen MR) is 123 cm³/mol. The van der Waals surface area contributed by atoms with Crippen molar-refractivity contribution in [3.63, 3.8) is 0 Å². The molecule has 0 spiro atoms. The molecule has 1 atom stereocenters. The normalized spacial score (nSPS) is 18.6. The van der Waals surface area contributed by atoms with Gasteiger partial charge in [-0.1, -0.05) is 49.6 Å². The van der Waals surface area contributed by atoms with Gasteiger partial charge in [-0.25, -0.2) is 4.79 Å². The van der Waals surface area contributed by atoms with Gasteiger partial charge in [-0.2, -0.15) is 0 Å². The predicted octanol–water partition coefficient (Wildman–Crippen LogP) is 4.75. The summed E-state index contributed by atoms with van der Waals surface area (Å²) >= 11 is 0. The van der Waals surface area contributed by atoms with Crippen LogP contribution in [0.15, 0.2) is 48.5 Å². The first kappa shape index (κ1) is 21.5. The number of hydrogen-bond acceptors (Lipinski definition) is 4. The Morgan fingerprint density at radius 3 is 2.52 bits per heavy atom. The highest BCUT2D eigenvalue weighted by Gasteiger charge is 2.24. The molecule has 0 bridgehead atoms. The van der Waals surface area contributed by atoms with E-state index in [2.05, 4.69) is 23.3 Å². The smallest absolute Gasteiger partial charge is 0.321 e. The summed E-state index contributed by atoms with van der Waals surface area (Å²) in [6.45, 7) is 1.71. The molecule has 2 amide bonds. The van der Waals surface area contributed by atoms with Gasteiger partial charge >= 0.3 is 6.03 Å². The van der Waals surface area contributed by atoms with Crippen LogP contribution in [0.1, 0.15) is 37.7 Å². The van der Waals surface area contributed by atoms with E-state index >= 15 is 0 Å². The maximum atomic E-state index is 12.9. The number of para-hydroxylation sites is 3. The molecule has 0 radical (unpaired) electrons. The third-order valence-corrected chi connectivity index (χ3v) is 6.27. The zero-order chi connectivity index (χ0) is 21.6. The molecule has 0 aromatic heterocycles. The molecule has 1 unspecified atom stereocenters. The first-order chi connectivity index (χ1) is 15.1. The molecular weight excluding hydrogens is 390 g/mol. The van der Waals surface area contributed by atoms with Crippen LogP contribution in [0.3, 0.4) is 0 Å². The Bertz CT molecular complexity index is 882. The van der Waals surface area contributed by atoms with Crippen molar-refractivity contribution in [1.82, 2.24) is 9.80 Å². The maximum Gasteiger partial charge on any atom is 0.321 e. The van der Waals surface area contributed by atoms with E-state index in [-0.39, 0.29) is 12.1 Å². The maximum absolute atomic E-state index is 12.9. The monoisotopic (exact) mass is 423 g/mol. The quantitative estimate of drug-likeness (QED) is 0.728. The van der Waals surface area contributed by atoms with Crippen LogP contribution in [0.4, 0.5) is 10.5 Å². The fourth-order valence-corrected chi connectivity index (χ4v) is 4.45. The first-order valence-electron chi connectivity index (χ1n) is 11.3. The van der Waals surface area contributed by atoms with Gasteiger partial charge < -0.3 is 19.7 Å². The van der Waals surface area contributed by atoms with Crippen LogP contribution in [-0.2, 0) is 6.54 Å². The Hall–Kier alpha value is -2.73.